The SMILES string of the molecule is CCc1ccc(OCC(=O)NN=C2CCN(C(C)C)CC2)cc1. The number of aryl methyl sites for hydroxylation is 1. The van der Waals surface area contributed by atoms with Gasteiger partial charge in [-0.05, 0) is 38.0 Å². The number of likely N-dealkylation sites (tertiary alicyclic amines) is 1. The number of nitrogens with one attached hydrogen (secondary N) is 1. The molecule has 1 aliphatic rings. The van der Waals surface area contributed by atoms with E-state index in [9.17, 15) is 4.79 Å². The highest BCUT2D eigenvalue weighted by molar-refractivity contribution is 5.87. The van der Waals surface area contributed by atoms with E-state index in [2.05, 4.69) is 36.2 Å². The van der Waals surface area contributed by atoms with Crippen LogP contribution in [0.2, 0.25) is 0 Å². The standard InChI is InChI=1S/C18H27N3O2/c1-4-15-5-7-17(8-6-15)23-13-18(22)20-19-16-9-11-21(12-10-16)14(2)3/h5-8,14H,4,9-13H2,1-3H3,(H,20,22). The molecule has 0 radical (unpaired) electrons. The van der Waals surface area contributed by atoms with E-state index in [0.717, 1.165) is 38.1 Å². The predicted octanol–water partition coefficient (Wildman–Crippen LogP) is 2.60. The van der Waals surface area contributed by atoms with Gasteiger partial charge in [0.05, 0.1) is 0 Å². The Morgan fingerprint density at radius 2 is 1.91 bits per heavy atom. The van der Waals surface area contributed by atoms with Crippen LogP contribution in [0.3, 0.4) is 0 Å². The van der Waals surface area contributed by atoms with Gasteiger partial charge in [-0.25, -0.2) is 5.43 Å². The monoisotopic (exact) mass is 317 g/mol. The van der Waals surface area contributed by atoms with Crippen LogP contribution in [0.15, 0.2) is 29.4 Å². The fourth-order valence-electron chi connectivity index (χ4n) is 2.55. The fourth-order valence-corrected chi connectivity index (χ4v) is 2.55. The third kappa shape index (κ3) is 5.67. The molecule has 1 aromatic carbocycles. The number of carbonyl (C=O) groups excluding carboxylic acids is 1. The molecule has 1 fully saturated rings. The molecule has 5 nitrogen and oxygen atoms in total. The third-order valence-electron chi connectivity index (χ3n) is 4.15. The lowest BCUT2D eigenvalue weighted by atomic mass is 10.1. The summed E-state index contributed by atoms with van der Waals surface area (Å²) in [5, 5.41) is 4.23. The zero-order valence-electron chi connectivity index (χ0n) is 14.3. The summed E-state index contributed by atoms with van der Waals surface area (Å²) in [6.45, 7) is 8.51. The molecule has 1 heterocycles. The highest BCUT2D eigenvalue weighted by Crippen LogP contribution is 2.12. The molecule has 1 amide bonds. The van der Waals surface area contributed by atoms with E-state index in [1.165, 1.54) is 5.56 Å². The second-order valence-corrected chi connectivity index (χ2v) is 6.13. The number of nitrogens with zero attached hydrogens (tertiary/aromatic N) is 2. The van der Waals surface area contributed by atoms with Gasteiger partial charge in [-0.1, -0.05) is 19.1 Å². The lowest BCUT2D eigenvalue weighted by Gasteiger charge is -2.30. The molecule has 126 valence electrons. The lowest BCUT2D eigenvalue weighted by Crippen LogP contribution is -2.39. The minimum Gasteiger partial charge on any atom is -0.484 e. The van der Waals surface area contributed by atoms with Crippen LogP contribution in [-0.4, -0.2) is 42.3 Å². The topological polar surface area (TPSA) is 53.9 Å². The van der Waals surface area contributed by atoms with Crippen LogP contribution in [0.25, 0.3) is 0 Å². The Kier molecular flexibility index (Phi) is 6.59. The number of hydrogen-bond acceptors (Lipinski definition) is 4. The molecule has 0 spiro atoms. The maximum Gasteiger partial charge on any atom is 0.277 e. The summed E-state index contributed by atoms with van der Waals surface area (Å²) in [6, 6.07) is 8.37. The number of hydrogen-bond donors (Lipinski definition) is 1. The molecule has 1 aliphatic heterocycles. The van der Waals surface area contributed by atoms with Gasteiger partial charge >= 0.3 is 0 Å². The molecule has 0 aliphatic carbocycles. The molecule has 0 saturated carbocycles. The van der Waals surface area contributed by atoms with Gasteiger partial charge in [0, 0.05) is 37.7 Å². The first-order chi connectivity index (χ1) is 11.1. The lowest BCUT2D eigenvalue weighted by molar-refractivity contribution is -0.123. The van der Waals surface area contributed by atoms with Gasteiger partial charge in [-0.15, -0.1) is 0 Å². The number of benzene rings is 1. The number of rotatable bonds is 6. The van der Waals surface area contributed by atoms with Crippen LogP contribution < -0.4 is 10.2 Å². The molecular formula is C18H27N3O2. The molecule has 0 bridgehead atoms. The molecule has 23 heavy (non-hydrogen) atoms. The number of amides is 1. The zero-order valence-corrected chi connectivity index (χ0v) is 14.3. The molecule has 1 aromatic rings. The summed E-state index contributed by atoms with van der Waals surface area (Å²) in [6.07, 6.45) is 2.82. The van der Waals surface area contributed by atoms with Crippen molar-refractivity contribution in [3.8, 4) is 5.75 Å². The Labute approximate surface area is 138 Å². The first kappa shape index (κ1) is 17.5. The van der Waals surface area contributed by atoms with E-state index in [0.29, 0.717) is 11.8 Å². The van der Waals surface area contributed by atoms with Gasteiger partial charge in [0.15, 0.2) is 6.61 Å². The van der Waals surface area contributed by atoms with Crippen molar-refractivity contribution in [2.24, 2.45) is 5.10 Å². The number of hydrazone groups is 1. The van der Waals surface area contributed by atoms with Crippen molar-refractivity contribution in [2.75, 3.05) is 19.7 Å². The Bertz CT molecular complexity index is 528. The molecule has 0 unspecified atom stereocenters. The summed E-state index contributed by atoms with van der Waals surface area (Å²) in [4.78, 5) is 14.2. The average molecular weight is 317 g/mol. The van der Waals surface area contributed by atoms with Crippen LogP contribution in [0.5, 0.6) is 5.75 Å². The van der Waals surface area contributed by atoms with Gasteiger partial charge in [-0.2, -0.15) is 5.10 Å². The summed E-state index contributed by atoms with van der Waals surface area (Å²) in [7, 11) is 0. The summed E-state index contributed by atoms with van der Waals surface area (Å²) >= 11 is 0. The quantitative estimate of drug-likeness (QED) is 0.821. The summed E-state index contributed by atoms with van der Waals surface area (Å²) in [5.74, 6) is 0.485. The van der Waals surface area contributed by atoms with E-state index in [1.54, 1.807) is 0 Å². The molecule has 0 atom stereocenters. The van der Waals surface area contributed by atoms with Crippen molar-refractivity contribution in [3.05, 3.63) is 29.8 Å². The van der Waals surface area contributed by atoms with E-state index >= 15 is 0 Å². The first-order valence-corrected chi connectivity index (χ1v) is 8.38. The maximum absolute atomic E-state index is 11.8. The van der Waals surface area contributed by atoms with Gasteiger partial charge in [-0.3, -0.25) is 4.79 Å². The number of carbonyl (C=O) groups is 1. The van der Waals surface area contributed by atoms with Crippen molar-refractivity contribution in [1.29, 1.82) is 0 Å². The molecule has 5 heteroatoms. The molecule has 1 N–H and O–H groups in total. The minimum atomic E-state index is -0.219. The van der Waals surface area contributed by atoms with Gasteiger partial charge < -0.3 is 9.64 Å². The van der Waals surface area contributed by atoms with Crippen LogP contribution in [-0.2, 0) is 11.2 Å². The van der Waals surface area contributed by atoms with E-state index in [-0.39, 0.29) is 12.5 Å². The van der Waals surface area contributed by atoms with E-state index in [1.807, 2.05) is 24.3 Å². The second-order valence-electron chi connectivity index (χ2n) is 6.13. The second kappa shape index (κ2) is 8.67. The Morgan fingerprint density at radius 1 is 1.26 bits per heavy atom. The van der Waals surface area contributed by atoms with E-state index < -0.39 is 0 Å². The van der Waals surface area contributed by atoms with Gasteiger partial charge in [0.25, 0.3) is 5.91 Å². The molecule has 1 saturated heterocycles. The fraction of sp³-hybridized carbons (Fsp3) is 0.556. The number of ether oxygens (including phenoxy) is 1. The van der Waals surface area contributed by atoms with Crippen LogP contribution in [0.4, 0.5) is 0 Å². The van der Waals surface area contributed by atoms with Crippen LogP contribution in [0, 0.1) is 0 Å². The smallest absolute Gasteiger partial charge is 0.277 e. The molecule has 2 rings (SSSR count). The van der Waals surface area contributed by atoms with Crippen LogP contribution >= 0.6 is 0 Å². The normalized spacial score (nSPS) is 15.6. The third-order valence-corrected chi connectivity index (χ3v) is 4.15. The summed E-state index contributed by atoms with van der Waals surface area (Å²) in [5.41, 5.74) is 4.90. The van der Waals surface area contributed by atoms with Crippen LogP contribution in [0.1, 0.15) is 39.2 Å². The highest BCUT2D eigenvalue weighted by atomic mass is 16.5. The average Bonchev–Trinajstić information content (AvgIpc) is 2.59. The number of piperidine rings is 1. The van der Waals surface area contributed by atoms with Crippen molar-refractivity contribution >= 4 is 11.6 Å². The van der Waals surface area contributed by atoms with Gasteiger partial charge in [0.2, 0.25) is 0 Å². The first-order valence-electron chi connectivity index (χ1n) is 8.38. The van der Waals surface area contributed by atoms with Crippen molar-refractivity contribution in [1.82, 2.24) is 10.3 Å². The minimum absolute atomic E-state index is 0.0135. The Morgan fingerprint density at radius 3 is 2.48 bits per heavy atom. The zero-order chi connectivity index (χ0) is 16.7. The van der Waals surface area contributed by atoms with Crippen molar-refractivity contribution in [2.45, 2.75) is 46.1 Å². The van der Waals surface area contributed by atoms with Gasteiger partial charge in [0.1, 0.15) is 5.75 Å². The van der Waals surface area contributed by atoms with Crippen molar-refractivity contribution < 1.29 is 9.53 Å². The Balaban J connectivity index is 1.71. The summed E-state index contributed by atoms with van der Waals surface area (Å²) < 4.78 is 5.47. The Hall–Kier alpha value is -1.88. The molecule has 0 aromatic heterocycles. The van der Waals surface area contributed by atoms with Crippen molar-refractivity contribution in [3.63, 3.8) is 0 Å². The highest BCUT2D eigenvalue weighted by Gasteiger charge is 2.17. The maximum atomic E-state index is 11.8. The van der Waals surface area contributed by atoms with E-state index in [4.69, 9.17) is 4.74 Å². The largest absolute Gasteiger partial charge is 0.484 e. The molecular weight excluding hydrogens is 290 g/mol. The predicted molar refractivity (Wildman–Crippen MR) is 92.8 cm³/mol.